The van der Waals surface area contributed by atoms with Gasteiger partial charge in [-0.25, -0.2) is 5.09 Å². The molecule has 3 rings (SSSR count). The largest absolute Gasteiger partial charge is 1.00 e. The maximum absolute atomic E-state index is 12.6. The average molecular weight is 1310 g/mol. The zero-order valence-electron chi connectivity index (χ0n) is 40.8. The Morgan fingerprint density at radius 2 is 0.947 bits per heavy atom. The molecule has 2 saturated carbocycles. The predicted octanol–water partition coefficient (Wildman–Crippen LogP) is 14.8. The maximum Gasteiger partial charge on any atom is 1.00 e. The van der Waals surface area contributed by atoms with E-state index in [0.29, 0.717) is 25.9 Å². The molecule has 1 aliphatic heterocycles. The van der Waals surface area contributed by atoms with Crippen LogP contribution in [0.3, 0.4) is 0 Å². The van der Waals surface area contributed by atoms with E-state index in [4.69, 9.17) is 62.9 Å². The zero-order chi connectivity index (χ0) is 49.5. The van der Waals surface area contributed by atoms with E-state index in [2.05, 4.69) is 35.8 Å². The SMILES string of the molecule is C.C.C.C.C.C.C.C.C.C.C.CC1CO[P+](=O)O1.COCC(C)OP(C)(=O)Cl.COCC(C)OP(C)(=O)OCC(C)OP(C)(=O)OCC(C)OP(C)(=O)NC1CCC1.COCC(C)O[P+](C)=O.ClCl.NC1CCC1.[Na+].[OH-]. The molecule has 0 aromatic carbocycles. The first kappa shape index (κ1) is 121. The summed E-state index contributed by atoms with van der Waals surface area (Å²) in [5.74, 6) is 0. The Balaban J connectivity index is -0.0000000469. The van der Waals surface area contributed by atoms with Crippen LogP contribution in [-0.4, -0.2) is 148 Å². The molecule has 1 heterocycles. The van der Waals surface area contributed by atoms with Gasteiger partial charge in [-0.2, -0.15) is 0 Å². The topological polar surface area (TPSA) is 281 Å². The molecule has 3 fully saturated rings. The monoisotopic (exact) mass is 1310 g/mol. The Bertz CT molecular complexity index is 1420. The van der Waals surface area contributed by atoms with Crippen molar-refractivity contribution in [3.8, 4) is 0 Å². The molecule has 0 aromatic heterocycles. The van der Waals surface area contributed by atoms with Crippen LogP contribution in [0.25, 0.3) is 0 Å². The van der Waals surface area contributed by atoms with Crippen LogP contribution >= 0.6 is 78.7 Å². The van der Waals surface area contributed by atoms with Crippen molar-refractivity contribution in [1.29, 1.82) is 0 Å². The van der Waals surface area contributed by atoms with Crippen molar-refractivity contribution in [3.63, 3.8) is 0 Å². The van der Waals surface area contributed by atoms with Crippen molar-refractivity contribution in [2.45, 2.75) is 210 Å². The molecule has 1 saturated heterocycles. The van der Waals surface area contributed by atoms with E-state index in [1.54, 1.807) is 41.9 Å². The molecule has 4 N–H and O–H groups in total. The normalized spacial score (nSPS) is 19.1. The van der Waals surface area contributed by atoms with Crippen LogP contribution in [0.4, 0.5) is 0 Å². The molecule has 2 aliphatic carbocycles. The van der Waals surface area contributed by atoms with Gasteiger partial charge in [-0.15, -0.1) is 13.6 Å². The minimum Gasteiger partial charge on any atom is -0.870 e. The quantitative estimate of drug-likeness (QED) is 0.0671. The van der Waals surface area contributed by atoms with Gasteiger partial charge < -0.3 is 52.6 Å². The smallest absolute Gasteiger partial charge is 0.870 e. The average Bonchev–Trinajstić information content (AvgIpc) is 3.50. The summed E-state index contributed by atoms with van der Waals surface area (Å²) in [6, 6.07) is 0.793. The standard InChI is InChI=1S/C17H38NO9P3.C5H12ClO3P.C5H12O3P.C4H9N.C3H6O3P.11CH4.Cl2.Na.H2O/c1-14(11-22-4)26-29(6,20)24-13-16(3)27-30(7,21)23-12-15(2)25-28(5,19)18-17-9-8-10-17;1-5(4-8-2)9-10(3,6)7;1-5(4-7-2)8-9(3)6;5-4-2-1-3-4;1-3-2-5-7(4)6-3;;;;;;;;;;;;1-2;;/h14-17H,8-13H2,1-7H3,(H,18,19);5H,4H2,1-3H3;5H,4H2,1-3H3;4H,1-3,5H2;3H,2H2,1H3;11*1H4;;;1H2/q;;+1;;+1;;;;;;;;;;;;;+1;/p-1. The number of nitrogens with one attached hydrogen (secondary N) is 1. The Hall–Kier alpha value is 2.39. The molecular formula is C45H122Cl3N2NaO19P6+2. The Morgan fingerprint density at radius 3 is 1.18 bits per heavy atom. The van der Waals surface area contributed by atoms with Crippen LogP contribution in [-0.2, 0) is 82.3 Å². The van der Waals surface area contributed by atoms with Crippen LogP contribution in [0.5, 0.6) is 0 Å². The summed E-state index contributed by atoms with van der Waals surface area (Å²) in [7, 11) is -0.0594. The Morgan fingerprint density at radius 1 is 0.632 bits per heavy atom. The van der Waals surface area contributed by atoms with Crippen molar-refractivity contribution >= 4 is 78.7 Å². The van der Waals surface area contributed by atoms with Gasteiger partial charge in [-0.1, -0.05) is 94.5 Å². The van der Waals surface area contributed by atoms with Crippen LogP contribution in [0, 0.1) is 0 Å². The Kier molecular flexibility index (Phi) is 108. The number of nitrogens with two attached hydrogens (primary N) is 1. The summed E-state index contributed by atoms with van der Waals surface area (Å²) in [5.41, 5.74) is 5.38. The zero-order valence-corrected chi connectivity index (χ0v) is 50.4. The minimum absolute atomic E-state index is 0. The number of methoxy groups -OCH3 is 3. The molecule has 0 aromatic rings. The summed E-state index contributed by atoms with van der Waals surface area (Å²) >= 11 is 5.34. The van der Waals surface area contributed by atoms with Crippen LogP contribution < -0.4 is 40.4 Å². The van der Waals surface area contributed by atoms with Gasteiger partial charge in [0.05, 0.1) is 57.5 Å². The number of ether oxygens (including phenoxy) is 3. The first-order valence-electron chi connectivity index (χ1n) is 20.0. The van der Waals surface area contributed by atoms with Crippen molar-refractivity contribution in [3.05, 3.63) is 0 Å². The molecule has 0 amide bonds. The fourth-order valence-corrected chi connectivity index (χ4v) is 11.4. The third-order valence-corrected chi connectivity index (χ3v) is 14.3. The second kappa shape index (κ2) is 68.2. The third kappa shape index (κ3) is 80.6. The van der Waals surface area contributed by atoms with E-state index in [0.717, 1.165) is 19.3 Å². The van der Waals surface area contributed by atoms with Gasteiger partial charge in [0.2, 0.25) is 0 Å². The van der Waals surface area contributed by atoms with Gasteiger partial charge in [-0.3, -0.25) is 18.3 Å². The first-order chi connectivity index (χ1) is 29.0. The summed E-state index contributed by atoms with van der Waals surface area (Å²) in [6.45, 7) is 16.2. The van der Waals surface area contributed by atoms with Gasteiger partial charge in [0, 0.05) is 86.3 Å². The van der Waals surface area contributed by atoms with E-state index in [1.807, 2.05) is 13.8 Å². The maximum atomic E-state index is 12.6. The van der Waals surface area contributed by atoms with Gasteiger partial charge >= 0.3 is 61.0 Å². The Labute approximate surface area is 508 Å². The number of hydrogen-bond acceptors (Lipinski definition) is 20. The van der Waals surface area contributed by atoms with Crippen molar-refractivity contribution < 1.29 is 117 Å². The summed E-state index contributed by atoms with van der Waals surface area (Å²) in [4.78, 5) is 0. The molecule has 476 valence electrons. The molecule has 0 spiro atoms. The van der Waals surface area contributed by atoms with Crippen molar-refractivity contribution in [1.82, 2.24) is 5.09 Å². The molecule has 0 bridgehead atoms. The molecule has 76 heavy (non-hydrogen) atoms. The van der Waals surface area contributed by atoms with Gasteiger partial charge in [0.1, 0.15) is 18.8 Å². The van der Waals surface area contributed by atoms with Crippen LogP contribution in [0.15, 0.2) is 0 Å². The van der Waals surface area contributed by atoms with Crippen molar-refractivity contribution in [2.75, 3.05) is 94.3 Å². The van der Waals surface area contributed by atoms with Gasteiger partial charge in [-0.05, 0) is 83.0 Å². The fourth-order valence-electron chi connectivity index (χ4n) is 4.68. The van der Waals surface area contributed by atoms with E-state index in [-0.39, 0.29) is 161 Å². The number of hydrogen-bond donors (Lipinski definition) is 2. The molecule has 3 aliphatic rings. The number of halogens is 3. The number of rotatable bonds is 24. The van der Waals surface area contributed by atoms with Gasteiger partial charge in [0.25, 0.3) is 14.2 Å². The summed E-state index contributed by atoms with van der Waals surface area (Å²) < 4.78 is 129. The molecule has 31 heteroatoms. The second-order valence-electron chi connectivity index (χ2n) is 15.0. The van der Waals surface area contributed by atoms with Crippen LogP contribution in [0.1, 0.15) is 162 Å². The van der Waals surface area contributed by atoms with E-state index < -0.39 is 64.0 Å². The third-order valence-electron chi connectivity index (χ3n) is 7.46. The second-order valence-corrected chi connectivity index (χ2v) is 26.7. The summed E-state index contributed by atoms with van der Waals surface area (Å²) in [5, 5.41) is 3.02. The predicted molar refractivity (Wildman–Crippen MR) is 328 cm³/mol. The fraction of sp³-hybridized carbons (Fsp3) is 1.00. The van der Waals surface area contributed by atoms with Crippen LogP contribution in [0.2, 0.25) is 0 Å². The molecule has 0 radical (unpaired) electrons. The van der Waals surface area contributed by atoms with Crippen molar-refractivity contribution in [2.24, 2.45) is 5.73 Å². The van der Waals surface area contributed by atoms with E-state index in [1.165, 1.54) is 59.7 Å². The molecular weight excluding hydrogens is 1190 g/mol. The van der Waals surface area contributed by atoms with E-state index in [9.17, 15) is 27.4 Å². The minimum atomic E-state index is -3.43. The summed E-state index contributed by atoms with van der Waals surface area (Å²) in [6.07, 6.45) is 5.16. The molecule has 12 atom stereocenters. The molecule has 21 nitrogen and oxygen atoms in total. The van der Waals surface area contributed by atoms with E-state index >= 15 is 0 Å². The van der Waals surface area contributed by atoms with Gasteiger partial charge in [0.15, 0.2) is 6.66 Å². The first-order valence-corrected chi connectivity index (χ1v) is 32.9. The molecule has 12 unspecified atom stereocenters.